The fourth-order valence-electron chi connectivity index (χ4n) is 6.79. The number of carbonyl (C=O) groups excluding carboxylic acids is 2. The van der Waals surface area contributed by atoms with E-state index in [0.717, 1.165) is 44.3 Å². The molecule has 4 aliphatic heterocycles. The van der Waals surface area contributed by atoms with Gasteiger partial charge in [0.25, 0.3) is 6.29 Å². The molecule has 0 N–H and O–H groups in total. The molecule has 0 radical (unpaired) electrons. The number of benzene rings is 2. The van der Waals surface area contributed by atoms with Crippen LogP contribution in [0.5, 0.6) is 0 Å². The number of aromatic nitrogens is 1. The standard InChI is InChI=1S/C28H26N2O4/c1-2-28-13-7-14-29-15-12-18-17-8-5-6-11-21(17)30(23(18)24(28)29)22(16-28)26(32)34-27-20-10-4-3-9-19(20)25(31)33-27/h3-6,8-11,16,24,27H,2,7,12-15H2,1H3. The molecule has 0 spiro atoms. The molecular formula is C28H26N2O4. The minimum atomic E-state index is -1.02. The Kier molecular flexibility index (Phi) is 4.16. The van der Waals surface area contributed by atoms with Crippen molar-refractivity contribution in [3.8, 4) is 0 Å². The molecule has 0 bridgehead atoms. The Labute approximate surface area is 197 Å². The Hall–Kier alpha value is -3.38. The minimum Gasteiger partial charge on any atom is -0.417 e. The molecule has 0 amide bonds. The number of ether oxygens (including phenoxy) is 2. The highest BCUT2D eigenvalue weighted by molar-refractivity contribution is 6.13. The summed E-state index contributed by atoms with van der Waals surface area (Å²) in [6.07, 6.45) is 5.25. The van der Waals surface area contributed by atoms with Gasteiger partial charge in [-0.1, -0.05) is 43.3 Å². The predicted octanol–water partition coefficient (Wildman–Crippen LogP) is 5.00. The molecule has 172 valence electrons. The minimum absolute atomic E-state index is 0.115. The Morgan fingerprint density at radius 3 is 2.85 bits per heavy atom. The lowest BCUT2D eigenvalue weighted by Gasteiger charge is -2.53. The topological polar surface area (TPSA) is 60.8 Å². The van der Waals surface area contributed by atoms with E-state index in [9.17, 15) is 9.59 Å². The molecule has 4 aliphatic rings. The molecule has 0 saturated carbocycles. The van der Waals surface area contributed by atoms with Crippen LogP contribution in [0.25, 0.3) is 16.6 Å². The van der Waals surface area contributed by atoms with Gasteiger partial charge < -0.3 is 14.0 Å². The molecule has 3 unspecified atom stereocenters. The van der Waals surface area contributed by atoms with E-state index < -0.39 is 18.2 Å². The van der Waals surface area contributed by atoms with Gasteiger partial charge in [0.2, 0.25) is 0 Å². The quantitative estimate of drug-likeness (QED) is 0.522. The number of carbonyl (C=O) groups is 2. The number of hydrogen-bond donors (Lipinski definition) is 0. The summed E-state index contributed by atoms with van der Waals surface area (Å²) in [7, 11) is 0. The molecule has 1 saturated heterocycles. The second-order valence-corrected chi connectivity index (χ2v) is 9.85. The zero-order chi connectivity index (χ0) is 23.0. The van der Waals surface area contributed by atoms with Crippen molar-refractivity contribution in [2.24, 2.45) is 5.41 Å². The van der Waals surface area contributed by atoms with Gasteiger partial charge in [-0.15, -0.1) is 0 Å². The van der Waals surface area contributed by atoms with Crippen LogP contribution < -0.4 is 0 Å². The average Bonchev–Trinajstić information content (AvgIpc) is 3.38. The van der Waals surface area contributed by atoms with E-state index in [2.05, 4.69) is 40.7 Å². The van der Waals surface area contributed by atoms with Crippen molar-refractivity contribution >= 4 is 28.5 Å². The van der Waals surface area contributed by atoms with Crippen molar-refractivity contribution in [2.45, 2.75) is 44.9 Å². The smallest absolute Gasteiger partial charge is 0.358 e. The lowest BCUT2D eigenvalue weighted by Crippen LogP contribution is -2.51. The van der Waals surface area contributed by atoms with Crippen LogP contribution >= 0.6 is 0 Å². The first-order chi connectivity index (χ1) is 16.6. The van der Waals surface area contributed by atoms with Crippen LogP contribution in [-0.2, 0) is 20.7 Å². The van der Waals surface area contributed by atoms with E-state index in [1.165, 1.54) is 16.6 Å². The molecular weight excluding hydrogens is 428 g/mol. The number of fused-ring (bicyclic) bond motifs is 4. The van der Waals surface area contributed by atoms with E-state index in [-0.39, 0.29) is 11.5 Å². The molecule has 0 aliphatic carbocycles. The third kappa shape index (κ3) is 2.55. The maximum absolute atomic E-state index is 13.8. The van der Waals surface area contributed by atoms with Gasteiger partial charge in [-0.05, 0) is 56.0 Å². The van der Waals surface area contributed by atoms with Crippen LogP contribution in [0.3, 0.4) is 0 Å². The van der Waals surface area contributed by atoms with Crippen LogP contribution in [-0.4, -0.2) is 34.5 Å². The summed E-state index contributed by atoms with van der Waals surface area (Å²) in [5.41, 5.74) is 5.12. The second-order valence-electron chi connectivity index (χ2n) is 9.85. The summed E-state index contributed by atoms with van der Waals surface area (Å²) in [6, 6.07) is 15.7. The molecule has 1 aromatic heterocycles. The van der Waals surface area contributed by atoms with Crippen LogP contribution in [0, 0.1) is 5.41 Å². The van der Waals surface area contributed by atoms with Crippen molar-refractivity contribution in [3.05, 3.63) is 77.0 Å². The highest BCUT2D eigenvalue weighted by Crippen LogP contribution is 2.57. The predicted molar refractivity (Wildman–Crippen MR) is 127 cm³/mol. The molecule has 3 aromatic rings. The lowest BCUT2D eigenvalue weighted by molar-refractivity contribution is -0.161. The van der Waals surface area contributed by atoms with Gasteiger partial charge in [-0.2, -0.15) is 0 Å². The molecule has 6 heteroatoms. The molecule has 1 fully saturated rings. The summed E-state index contributed by atoms with van der Waals surface area (Å²) in [4.78, 5) is 28.7. The van der Waals surface area contributed by atoms with Gasteiger partial charge in [0, 0.05) is 28.6 Å². The van der Waals surface area contributed by atoms with Crippen molar-refractivity contribution in [1.82, 2.24) is 9.47 Å². The van der Waals surface area contributed by atoms with E-state index in [1.54, 1.807) is 18.2 Å². The van der Waals surface area contributed by atoms with Crippen molar-refractivity contribution in [1.29, 1.82) is 0 Å². The zero-order valence-corrected chi connectivity index (χ0v) is 19.1. The van der Waals surface area contributed by atoms with Crippen LogP contribution in [0.2, 0.25) is 0 Å². The number of hydrogen-bond acceptors (Lipinski definition) is 5. The zero-order valence-electron chi connectivity index (χ0n) is 19.1. The maximum Gasteiger partial charge on any atom is 0.358 e. The largest absolute Gasteiger partial charge is 0.417 e. The Bertz CT molecular complexity index is 1400. The van der Waals surface area contributed by atoms with Gasteiger partial charge in [0.1, 0.15) is 5.70 Å². The second kappa shape index (κ2) is 7.06. The molecule has 7 rings (SSSR count). The van der Waals surface area contributed by atoms with Crippen LogP contribution in [0.4, 0.5) is 0 Å². The fraction of sp³-hybridized carbons (Fsp3) is 0.357. The number of esters is 2. The number of nitrogens with zero attached hydrogens (tertiary/aromatic N) is 2. The third-order valence-corrected chi connectivity index (χ3v) is 8.32. The summed E-state index contributed by atoms with van der Waals surface area (Å²) in [6.45, 7) is 4.37. The Morgan fingerprint density at radius 2 is 1.97 bits per heavy atom. The Balaban J connectivity index is 1.39. The first kappa shape index (κ1) is 20.0. The fourth-order valence-corrected chi connectivity index (χ4v) is 6.79. The normalized spacial score (nSPS) is 27.1. The first-order valence-electron chi connectivity index (χ1n) is 12.2. The van der Waals surface area contributed by atoms with Gasteiger partial charge in [-0.3, -0.25) is 4.90 Å². The van der Waals surface area contributed by atoms with Crippen LogP contribution in [0.15, 0.2) is 54.6 Å². The lowest BCUT2D eigenvalue weighted by atomic mass is 9.66. The number of cyclic esters (lactones) is 1. The van der Waals surface area contributed by atoms with Gasteiger partial charge >= 0.3 is 11.9 Å². The highest BCUT2D eigenvalue weighted by atomic mass is 16.7. The number of para-hydroxylation sites is 1. The van der Waals surface area contributed by atoms with Crippen molar-refractivity contribution in [3.63, 3.8) is 0 Å². The number of piperidine rings is 1. The van der Waals surface area contributed by atoms with Gasteiger partial charge in [0.15, 0.2) is 0 Å². The Morgan fingerprint density at radius 1 is 1.15 bits per heavy atom. The van der Waals surface area contributed by atoms with Crippen molar-refractivity contribution in [2.75, 3.05) is 13.1 Å². The monoisotopic (exact) mass is 454 g/mol. The van der Waals surface area contributed by atoms with Gasteiger partial charge in [0.05, 0.1) is 17.1 Å². The third-order valence-electron chi connectivity index (χ3n) is 8.32. The molecule has 2 aromatic carbocycles. The van der Waals surface area contributed by atoms with E-state index in [4.69, 9.17) is 9.47 Å². The SMILES string of the molecule is CCC12C=C(C(=O)OC3OC(=O)c4ccccc43)n3c4c(c5ccccc53)CCN(CCC1)C42. The van der Waals surface area contributed by atoms with E-state index in [1.807, 2.05) is 12.1 Å². The van der Waals surface area contributed by atoms with E-state index >= 15 is 0 Å². The number of rotatable bonds is 3. The maximum atomic E-state index is 13.8. The van der Waals surface area contributed by atoms with Crippen molar-refractivity contribution < 1.29 is 19.1 Å². The summed E-state index contributed by atoms with van der Waals surface area (Å²) in [5.74, 6) is -0.908. The van der Waals surface area contributed by atoms with Crippen LogP contribution in [0.1, 0.15) is 65.7 Å². The average molecular weight is 455 g/mol. The highest BCUT2D eigenvalue weighted by Gasteiger charge is 2.51. The summed E-state index contributed by atoms with van der Waals surface area (Å²) < 4.78 is 13.5. The molecule has 34 heavy (non-hydrogen) atoms. The molecule has 3 atom stereocenters. The van der Waals surface area contributed by atoms with Gasteiger partial charge in [-0.25, -0.2) is 9.59 Å². The first-order valence-corrected chi connectivity index (χ1v) is 12.2. The van der Waals surface area contributed by atoms with E-state index in [0.29, 0.717) is 16.8 Å². The summed E-state index contributed by atoms with van der Waals surface area (Å²) in [5, 5.41) is 1.21. The molecule has 6 nitrogen and oxygen atoms in total. The molecule has 5 heterocycles. The summed E-state index contributed by atoms with van der Waals surface area (Å²) >= 11 is 0.